The molecule has 1 heterocycles. The van der Waals surface area contributed by atoms with Crippen LogP contribution < -0.4 is 5.32 Å². The Balaban J connectivity index is 0.000000771. The second kappa shape index (κ2) is 7.58. The summed E-state index contributed by atoms with van der Waals surface area (Å²) in [6, 6.07) is 7.06. The summed E-state index contributed by atoms with van der Waals surface area (Å²) in [6.07, 6.45) is 2.42. The van der Waals surface area contributed by atoms with E-state index in [-0.39, 0.29) is 0 Å². The van der Waals surface area contributed by atoms with Gasteiger partial charge in [0.2, 0.25) is 0 Å². The second-order valence-corrected chi connectivity index (χ2v) is 5.26. The van der Waals surface area contributed by atoms with Crippen LogP contribution in [0.5, 0.6) is 0 Å². The monoisotopic (exact) mass is 247 g/mol. The molecule has 102 valence electrons. The fourth-order valence-corrected chi connectivity index (χ4v) is 2.34. The molecule has 0 saturated carbocycles. The Bertz CT molecular complexity index is 351. The molecule has 0 atom stereocenters. The Hall–Kier alpha value is -0.820. The van der Waals surface area contributed by atoms with Crippen LogP contribution in [0.4, 0.5) is 0 Å². The van der Waals surface area contributed by atoms with Crippen LogP contribution in [0.1, 0.15) is 57.2 Å². The highest BCUT2D eigenvalue weighted by molar-refractivity contribution is 5.34. The third kappa shape index (κ3) is 3.84. The summed E-state index contributed by atoms with van der Waals surface area (Å²) in [4.78, 5) is 0. The maximum Gasteiger partial charge on any atom is -0.000506 e. The molecule has 18 heavy (non-hydrogen) atoms. The van der Waals surface area contributed by atoms with Crippen molar-refractivity contribution in [2.24, 2.45) is 5.92 Å². The molecule has 0 aliphatic carbocycles. The quantitative estimate of drug-likeness (QED) is 0.842. The van der Waals surface area contributed by atoms with Crippen LogP contribution in [0, 0.1) is 5.92 Å². The van der Waals surface area contributed by atoms with Crippen molar-refractivity contribution in [3.63, 3.8) is 0 Å². The molecule has 0 bridgehead atoms. The van der Waals surface area contributed by atoms with E-state index in [9.17, 15) is 0 Å². The number of aryl methyl sites for hydroxylation is 1. The van der Waals surface area contributed by atoms with Crippen molar-refractivity contribution in [3.8, 4) is 0 Å². The minimum atomic E-state index is 0.643. The van der Waals surface area contributed by atoms with Gasteiger partial charge in [-0.15, -0.1) is 0 Å². The van der Waals surface area contributed by atoms with Crippen LogP contribution in [0.25, 0.3) is 0 Å². The number of nitrogens with one attached hydrogen (secondary N) is 1. The molecule has 1 N–H and O–H groups in total. The van der Waals surface area contributed by atoms with Gasteiger partial charge in [0.05, 0.1) is 0 Å². The molecule has 1 saturated heterocycles. The molecular weight excluding hydrogens is 218 g/mol. The summed E-state index contributed by atoms with van der Waals surface area (Å²) in [6.45, 7) is 13.2. The van der Waals surface area contributed by atoms with E-state index >= 15 is 0 Å². The highest BCUT2D eigenvalue weighted by Gasteiger charge is 2.18. The van der Waals surface area contributed by atoms with Crippen LogP contribution in [-0.4, -0.2) is 13.1 Å². The average molecular weight is 247 g/mol. The van der Waals surface area contributed by atoms with Crippen molar-refractivity contribution in [2.75, 3.05) is 13.1 Å². The molecule has 0 aromatic heterocycles. The van der Waals surface area contributed by atoms with E-state index in [4.69, 9.17) is 0 Å². The molecule has 2 rings (SSSR count). The van der Waals surface area contributed by atoms with Gasteiger partial charge in [0.15, 0.2) is 0 Å². The maximum absolute atomic E-state index is 3.36. The van der Waals surface area contributed by atoms with Crippen LogP contribution >= 0.6 is 0 Å². The lowest BCUT2D eigenvalue weighted by Crippen LogP contribution is -2.43. The lowest BCUT2D eigenvalue weighted by molar-refractivity contribution is 0.346. The Kier molecular flexibility index (Phi) is 6.42. The van der Waals surface area contributed by atoms with Gasteiger partial charge in [-0.3, -0.25) is 0 Å². The zero-order valence-corrected chi connectivity index (χ0v) is 12.7. The number of benzene rings is 1. The summed E-state index contributed by atoms with van der Waals surface area (Å²) < 4.78 is 0. The van der Waals surface area contributed by atoms with Crippen LogP contribution in [-0.2, 0) is 12.8 Å². The maximum atomic E-state index is 3.36. The zero-order chi connectivity index (χ0) is 13.5. The van der Waals surface area contributed by atoms with Crippen molar-refractivity contribution in [2.45, 2.75) is 53.4 Å². The molecule has 0 unspecified atom stereocenters. The fraction of sp³-hybridized carbons (Fsp3) is 0.647. The van der Waals surface area contributed by atoms with E-state index in [1.165, 1.54) is 30.6 Å². The highest BCUT2D eigenvalue weighted by atomic mass is 14.9. The van der Waals surface area contributed by atoms with Crippen LogP contribution in [0.3, 0.4) is 0 Å². The van der Waals surface area contributed by atoms with Gasteiger partial charge in [0.25, 0.3) is 0 Å². The first-order valence-electron chi connectivity index (χ1n) is 7.53. The van der Waals surface area contributed by atoms with E-state index in [2.05, 4.69) is 44.3 Å². The molecule has 0 amide bonds. The van der Waals surface area contributed by atoms with E-state index in [0.717, 1.165) is 12.3 Å². The van der Waals surface area contributed by atoms with Crippen molar-refractivity contribution in [1.29, 1.82) is 0 Å². The van der Waals surface area contributed by atoms with Gasteiger partial charge in [-0.05, 0) is 54.5 Å². The molecule has 0 spiro atoms. The number of rotatable bonds is 4. The van der Waals surface area contributed by atoms with Gasteiger partial charge < -0.3 is 5.32 Å². The second-order valence-electron chi connectivity index (χ2n) is 5.26. The Morgan fingerprint density at radius 2 is 1.83 bits per heavy atom. The minimum Gasteiger partial charge on any atom is -0.316 e. The average Bonchev–Trinajstić information content (AvgIpc) is 2.36. The third-order valence-electron chi connectivity index (χ3n) is 3.65. The van der Waals surface area contributed by atoms with Gasteiger partial charge in [0.1, 0.15) is 0 Å². The van der Waals surface area contributed by atoms with Crippen molar-refractivity contribution >= 4 is 0 Å². The molecular formula is C17H29N. The van der Waals surface area contributed by atoms with E-state index in [0.29, 0.717) is 5.92 Å². The summed E-state index contributed by atoms with van der Waals surface area (Å²) >= 11 is 0. The topological polar surface area (TPSA) is 12.0 Å². The minimum absolute atomic E-state index is 0.643. The van der Waals surface area contributed by atoms with E-state index in [1.807, 2.05) is 13.8 Å². The van der Waals surface area contributed by atoms with Crippen molar-refractivity contribution in [1.82, 2.24) is 5.32 Å². The summed E-state index contributed by atoms with van der Waals surface area (Å²) in [5.74, 6) is 1.51. The lowest BCUT2D eigenvalue weighted by Gasteiger charge is -2.28. The molecule has 0 radical (unpaired) electrons. The van der Waals surface area contributed by atoms with Crippen LogP contribution in [0.2, 0.25) is 0 Å². The Morgan fingerprint density at radius 3 is 2.28 bits per heavy atom. The first-order valence-corrected chi connectivity index (χ1v) is 7.53. The van der Waals surface area contributed by atoms with Gasteiger partial charge in [0, 0.05) is 0 Å². The van der Waals surface area contributed by atoms with Gasteiger partial charge in [-0.2, -0.15) is 0 Å². The van der Waals surface area contributed by atoms with Crippen molar-refractivity contribution in [3.05, 3.63) is 34.9 Å². The zero-order valence-electron chi connectivity index (χ0n) is 12.7. The first kappa shape index (κ1) is 15.2. The lowest BCUT2D eigenvalue weighted by atomic mass is 9.88. The molecule has 1 aromatic carbocycles. The SMILES string of the molecule is CC.CCc1ccc(C(C)C)cc1CC1CNC1. The molecule has 1 aromatic rings. The molecule has 1 aliphatic heterocycles. The predicted molar refractivity (Wildman–Crippen MR) is 81.3 cm³/mol. The van der Waals surface area contributed by atoms with E-state index in [1.54, 1.807) is 5.56 Å². The predicted octanol–water partition coefficient (Wildman–Crippen LogP) is 4.16. The number of hydrogen-bond donors (Lipinski definition) is 1. The third-order valence-corrected chi connectivity index (χ3v) is 3.65. The molecule has 1 heteroatoms. The summed E-state index contributed by atoms with van der Waals surface area (Å²) in [5.41, 5.74) is 4.61. The fourth-order valence-electron chi connectivity index (χ4n) is 2.34. The molecule has 1 aliphatic rings. The van der Waals surface area contributed by atoms with Gasteiger partial charge >= 0.3 is 0 Å². The first-order chi connectivity index (χ1) is 8.70. The summed E-state index contributed by atoms with van der Waals surface area (Å²) in [7, 11) is 0. The Morgan fingerprint density at radius 1 is 1.17 bits per heavy atom. The van der Waals surface area contributed by atoms with Crippen LogP contribution in [0.15, 0.2) is 18.2 Å². The van der Waals surface area contributed by atoms with Gasteiger partial charge in [-0.1, -0.05) is 52.8 Å². The van der Waals surface area contributed by atoms with Gasteiger partial charge in [-0.25, -0.2) is 0 Å². The summed E-state index contributed by atoms with van der Waals surface area (Å²) in [5, 5.41) is 3.36. The Labute approximate surface area is 113 Å². The number of hydrogen-bond acceptors (Lipinski definition) is 1. The standard InChI is InChI=1S/C15H23N.C2H6/c1-4-13-5-6-14(11(2)3)8-15(13)7-12-9-16-10-12;1-2/h5-6,8,11-12,16H,4,7,9-10H2,1-3H3;1-2H3. The largest absolute Gasteiger partial charge is 0.316 e. The highest BCUT2D eigenvalue weighted by Crippen LogP contribution is 2.22. The normalized spacial score (nSPS) is 15.0. The molecule has 1 fully saturated rings. The molecule has 1 nitrogen and oxygen atoms in total. The smallest absolute Gasteiger partial charge is 0.000506 e. The van der Waals surface area contributed by atoms with E-state index < -0.39 is 0 Å². The van der Waals surface area contributed by atoms with Crippen molar-refractivity contribution < 1.29 is 0 Å².